The van der Waals surface area contributed by atoms with Crippen LogP contribution in [0.4, 0.5) is 5.00 Å². The SMILES string of the molecule is Nc1sc2ccc(C(=O)c3cccs3)cc2c1C1CCC2CCCCN2CC1. The number of nitrogens with zero attached hydrogens (tertiary/aromatic N) is 1. The fourth-order valence-corrected chi connectivity index (χ4v) is 6.80. The quantitative estimate of drug-likeness (QED) is 0.547. The van der Waals surface area contributed by atoms with Gasteiger partial charge in [-0.3, -0.25) is 4.79 Å². The summed E-state index contributed by atoms with van der Waals surface area (Å²) >= 11 is 3.18. The number of carbonyl (C=O) groups excluding carboxylic acids is 1. The molecule has 3 nitrogen and oxygen atoms in total. The van der Waals surface area contributed by atoms with Crippen molar-refractivity contribution in [3.8, 4) is 0 Å². The Bertz CT molecular complexity index is 976. The third-order valence-corrected chi connectivity index (χ3v) is 8.42. The van der Waals surface area contributed by atoms with Crippen molar-refractivity contribution in [1.29, 1.82) is 0 Å². The minimum Gasteiger partial charge on any atom is -0.390 e. The molecule has 0 saturated carbocycles. The topological polar surface area (TPSA) is 46.3 Å². The predicted octanol–water partition coefficient (Wildman–Crippen LogP) is 5.90. The van der Waals surface area contributed by atoms with Crippen molar-refractivity contribution >= 4 is 43.5 Å². The molecule has 2 aromatic heterocycles. The number of benzene rings is 1. The lowest BCUT2D eigenvalue weighted by Gasteiger charge is -2.33. The van der Waals surface area contributed by atoms with E-state index in [1.54, 1.807) is 11.3 Å². The van der Waals surface area contributed by atoms with Crippen LogP contribution in [-0.2, 0) is 0 Å². The molecule has 2 unspecified atom stereocenters. The third-order valence-electron chi connectivity index (χ3n) is 6.53. The molecule has 2 fully saturated rings. The summed E-state index contributed by atoms with van der Waals surface area (Å²) < 4.78 is 1.21. The van der Waals surface area contributed by atoms with Gasteiger partial charge in [-0.05, 0) is 91.7 Å². The molecule has 1 aromatic carbocycles. The van der Waals surface area contributed by atoms with E-state index in [9.17, 15) is 4.79 Å². The number of piperidine rings is 1. The fraction of sp³-hybridized carbons (Fsp3) is 0.435. The zero-order chi connectivity index (χ0) is 19.1. The van der Waals surface area contributed by atoms with Crippen LogP contribution in [0.15, 0.2) is 35.7 Å². The Kier molecular flexibility index (Phi) is 4.99. The van der Waals surface area contributed by atoms with Gasteiger partial charge in [0.15, 0.2) is 0 Å². The first-order valence-corrected chi connectivity index (χ1v) is 12.0. The maximum atomic E-state index is 12.8. The number of fused-ring (bicyclic) bond motifs is 2. The summed E-state index contributed by atoms with van der Waals surface area (Å²) in [5, 5.41) is 4.11. The average Bonchev–Trinajstić information content (AvgIpc) is 3.30. The first-order chi connectivity index (χ1) is 13.7. The van der Waals surface area contributed by atoms with Crippen LogP contribution in [0.5, 0.6) is 0 Å². The van der Waals surface area contributed by atoms with Crippen LogP contribution >= 0.6 is 22.7 Å². The number of carbonyl (C=O) groups is 1. The molecule has 4 heterocycles. The number of anilines is 1. The highest BCUT2D eigenvalue weighted by molar-refractivity contribution is 7.22. The van der Waals surface area contributed by atoms with Crippen molar-refractivity contribution in [2.75, 3.05) is 18.8 Å². The Morgan fingerprint density at radius 1 is 1.07 bits per heavy atom. The van der Waals surface area contributed by atoms with Crippen LogP contribution in [0.2, 0.25) is 0 Å². The zero-order valence-corrected chi connectivity index (χ0v) is 17.7. The van der Waals surface area contributed by atoms with Gasteiger partial charge >= 0.3 is 0 Å². The molecule has 0 amide bonds. The molecule has 0 spiro atoms. The molecule has 0 aliphatic carbocycles. The molecule has 5 rings (SSSR count). The first-order valence-electron chi connectivity index (χ1n) is 10.3. The highest BCUT2D eigenvalue weighted by Crippen LogP contribution is 2.44. The minimum atomic E-state index is 0.116. The molecule has 0 radical (unpaired) electrons. The van der Waals surface area contributed by atoms with Gasteiger partial charge in [0.2, 0.25) is 5.78 Å². The molecule has 2 atom stereocenters. The van der Waals surface area contributed by atoms with Crippen molar-refractivity contribution in [2.24, 2.45) is 0 Å². The van der Waals surface area contributed by atoms with Crippen molar-refractivity contribution < 1.29 is 4.79 Å². The van der Waals surface area contributed by atoms with E-state index in [1.165, 1.54) is 78.6 Å². The number of ketones is 1. The van der Waals surface area contributed by atoms with Crippen LogP contribution in [0.1, 0.15) is 65.2 Å². The normalized spacial score (nSPS) is 23.4. The summed E-state index contributed by atoms with van der Waals surface area (Å²) in [7, 11) is 0. The number of thiophene rings is 2. The van der Waals surface area contributed by atoms with E-state index in [-0.39, 0.29) is 5.78 Å². The lowest BCUT2D eigenvalue weighted by molar-refractivity contribution is 0.104. The molecule has 0 bridgehead atoms. The van der Waals surface area contributed by atoms with Gasteiger partial charge in [0.25, 0.3) is 0 Å². The van der Waals surface area contributed by atoms with Gasteiger partial charge < -0.3 is 10.6 Å². The number of rotatable bonds is 3. The van der Waals surface area contributed by atoms with E-state index in [0.29, 0.717) is 5.92 Å². The number of nitrogens with two attached hydrogens (primary N) is 1. The Balaban J connectivity index is 1.49. The van der Waals surface area contributed by atoms with Crippen molar-refractivity contribution in [2.45, 2.75) is 50.5 Å². The van der Waals surface area contributed by atoms with Crippen molar-refractivity contribution in [1.82, 2.24) is 4.90 Å². The second-order valence-electron chi connectivity index (χ2n) is 8.15. The van der Waals surface area contributed by atoms with Gasteiger partial charge in [0.05, 0.1) is 9.88 Å². The maximum absolute atomic E-state index is 12.8. The average molecular weight is 411 g/mol. The van der Waals surface area contributed by atoms with Gasteiger partial charge in [0.1, 0.15) is 0 Å². The monoisotopic (exact) mass is 410 g/mol. The van der Waals surface area contributed by atoms with Crippen molar-refractivity contribution in [3.05, 3.63) is 51.7 Å². The molecule has 2 aliphatic rings. The lowest BCUT2D eigenvalue weighted by atomic mass is 9.89. The smallest absolute Gasteiger partial charge is 0.202 e. The Morgan fingerprint density at radius 2 is 2.00 bits per heavy atom. The van der Waals surface area contributed by atoms with E-state index in [4.69, 9.17) is 5.73 Å². The molecular formula is C23H26N2OS2. The van der Waals surface area contributed by atoms with Crippen LogP contribution in [-0.4, -0.2) is 29.8 Å². The van der Waals surface area contributed by atoms with Gasteiger partial charge in [-0.1, -0.05) is 12.5 Å². The standard InChI is InChI=1S/C23H26N2OS2/c24-23-21(15-6-8-17-4-1-2-11-25(17)12-10-15)18-14-16(7-9-19(18)28-23)22(26)20-5-3-13-27-20/h3,5,7,9,13-15,17H,1-2,4,6,8,10-12,24H2. The number of hydrogen-bond acceptors (Lipinski definition) is 5. The number of nitrogen functional groups attached to an aromatic ring is 1. The lowest BCUT2D eigenvalue weighted by Crippen LogP contribution is -2.38. The summed E-state index contributed by atoms with van der Waals surface area (Å²) in [5.41, 5.74) is 8.61. The van der Waals surface area contributed by atoms with Crippen LogP contribution < -0.4 is 5.73 Å². The Labute approximate surface area is 174 Å². The van der Waals surface area contributed by atoms with Gasteiger partial charge in [0, 0.05) is 16.3 Å². The molecular weight excluding hydrogens is 384 g/mol. The summed E-state index contributed by atoms with van der Waals surface area (Å²) in [4.78, 5) is 16.4. The van der Waals surface area contributed by atoms with Crippen LogP contribution in [0.3, 0.4) is 0 Å². The van der Waals surface area contributed by atoms with E-state index in [2.05, 4.69) is 17.0 Å². The van der Waals surface area contributed by atoms with Gasteiger partial charge in [-0.15, -0.1) is 22.7 Å². The van der Waals surface area contributed by atoms with Crippen molar-refractivity contribution in [3.63, 3.8) is 0 Å². The molecule has 5 heteroatoms. The van der Waals surface area contributed by atoms with Crippen LogP contribution in [0, 0.1) is 0 Å². The van der Waals surface area contributed by atoms with E-state index in [0.717, 1.165) is 21.5 Å². The molecule has 3 aromatic rings. The van der Waals surface area contributed by atoms with E-state index in [1.807, 2.05) is 23.6 Å². The zero-order valence-electron chi connectivity index (χ0n) is 16.0. The van der Waals surface area contributed by atoms with Crippen LogP contribution in [0.25, 0.3) is 10.1 Å². The van der Waals surface area contributed by atoms with Gasteiger partial charge in [-0.2, -0.15) is 0 Å². The maximum Gasteiger partial charge on any atom is 0.202 e. The second kappa shape index (κ2) is 7.62. The largest absolute Gasteiger partial charge is 0.390 e. The number of hydrogen-bond donors (Lipinski definition) is 1. The fourth-order valence-electron chi connectivity index (χ4n) is 5.08. The molecule has 2 N–H and O–H groups in total. The Morgan fingerprint density at radius 3 is 2.86 bits per heavy atom. The van der Waals surface area contributed by atoms with E-state index >= 15 is 0 Å². The summed E-state index contributed by atoms with van der Waals surface area (Å²) in [6.07, 6.45) is 7.74. The summed E-state index contributed by atoms with van der Waals surface area (Å²) in [6.45, 7) is 2.44. The second-order valence-corrected chi connectivity index (χ2v) is 10.2. The molecule has 28 heavy (non-hydrogen) atoms. The third kappa shape index (κ3) is 3.30. The molecule has 2 saturated heterocycles. The summed E-state index contributed by atoms with van der Waals surface area (Å²) in [5.74, 6) is 0.622. The molecule has 146 valence electrons. The van der Waals surface area contributed by atoms with E-state index < -0.39 is 0 Å². The first kappa shape index (κ1) is 18.3. The minimum absolute atomic E-state index is 0.116. The van der Waals surface area contributed by atoms with Gasteiger partial charge in [-0.25, -0.2) is 0 Å². The highest BCUT2D eigenvalue weighted by Gasteiger charge is 2.30. The Hall–Kier alpha value is -1.69. The summed E-state index contributed by atoms with van der Waals surface area (Å²) in [6, 6.07) is 10.7. The predicted molar refractivity (Wildman–Crippen MR) is 120 cm³/mol. The molecule has 2 aliphatic heterocycles. The highest BCUT2D eigenvalue weighted by atomic mass is 32.1.